The van der Waals surface area contributed by atoms with Crippen LogP contribution in [0, 0.1) is 11.8 Å². The highest BCUT2D eigenvalue weighted by atomic mass is 19.4. The monoisotopic (exact) mass is 324 g/mol. The lowest BCUT2D eigenvalue weighted by atomic mass is 10.1. The number of rotatable bonds is 2. The van der Waals surface area contributed by atoms with Crippen LogP contribution >= 0.6 is 0 Å². The van der Waals surface area contributed by atoms with Crippen molar-refractivity contribution in [2.75, 3.05) is 19.6 Å². The SMILES string of the molecule is O=C(C#Cc1ccc(C(F)(F)F)cc1)NCC(=O)N1CCCC1. The summed E-state index contributed by atoms with van der Waals surface area (Å²) < 4.78 is 37.2. The van der Waals surface area contributed by atoms with E-state index in [1.54, 1.807) is 4.90 Å². The average Bonchev–Trinajstić information content (AvgIpc) is 3.04. The lowest BCUT2D eigenvalue weighted by Crippen LogP contribution is -2.38. The van der Waals surface area contributed by atoms with Crippen LogP contribution in [0.4, 0.5) is 13.2 Å². The number of hydrogen-bond acceptors (Lipinski definition) is 2. The van der Waals surface area contributed by atoms with Gasteiger partial charge in [0.1, 0.15) is 0 Å². The molecule has 1 N–H and O–H groups in total. The minimum Gasteiger partial charge on any atom is -0.341 e. The van der Waals surface area contributed by atoms with Gasteiger partial charge in [-0.1, -0.05) is 5.92 Å². The van der Waals surface area contributed by atoms with E-state index < -0.39 is 17.6 Å². The van der Waals surface area contributed by atoms with E-state index in [0.717, 1.165) is 25.0 Å². The van der Waals surface area contributed by atoms with Gasteiger partial charge in [-0.2, -0.15) is 13.2 Å². The van der Waals surface area contributed by atoms with Crippen molar-refractivity contribution in [1.29, 1.82) is 0 Å². The minimum absolute atomic E-state index is 0.124. The fourth-order valence-corrected chi connectivity index (χ4v) is 2.15. The van der Waals surface area contributed by atoms with E-state index in [1.807, 2.05) is 0 Å². The molecule has 4 nitrogen and oxygen atoms in total. The van der Waals surface area contributed by atoms with Gasteiger partial charge in [0, 0.05) is 24.6 Å². The Kier molecular flexibility index (Phi) is 5.27. The number of halogens is 3. The first-order valence-corrected chi connectivity index (χ1v) is 7.11. The van der Waals surface area contributed by atoms with Gasteiger partial charge in [0.25, 0.3) is 5.91 Å². The van der Waals surface area contributed by atoms with Crippen LogP contribution < -0.4 is 5.32 Å². The fraction of sp³-hybridized carbons (Fsp3) is 0.375. The summed E-state index contributed by atoms with van der Waals surface area (Å²) in [6.45, 7) is 1.28. The third-order valence-corrected chi connectivity index (χ3v) is 3.39. The minimum atomic E-state index is -4.40. The number of nitrogens with one attached hydrogen (secondary N) is 1. The molecule has 122 valence electrons. The van der Waals surface area contributed by atoms with Crippen LogP contribution in [0.1, 0.15) is 24.0 Å². The molecule has 0 radical (unpaired) electrons. The Hall–Kier alpha value is -2.49. The lowest BCUT2D eigenvalue weighted by molar-refractivity contribution is -0.137. The molecule has 1 aliphatic heterocycles. The number of likely N-dealkylation sites (tertiary alicyclic amines) is 1. The number of benzene rings is 1. The molecule has 1 aromatic rings. The number of hydrogen-bond donors (Lipinski definition) is 1. The molecule has 1 fully saturated rings. The molecule has 0 saturated carbocycles. The molecule has 0 aromatic heterocycles. The standard InChI is InChI=1S/C16H15F3N2O2/c17-16(18,19)13-6-3-12(4-7-13)5-8-14(22)20-11-15(23)21-9-1-2-10-21/h3-4,6-7H,1-2,9-11H2,(H,20,22). The maximum Gasteiger partial charge on any atom is 0.416 e. The first kappa shape index (κ1) is 16.9. The number of amides is 2. The van der Waals surface area contributed by atoms with Crippen molar-refractivity contribution in [3.05, 3.63) is 35.4 Å². The molecule has 1 heterocycles. The zero-order chi connectivity index (χ0) is 16.9. The Labute approximate surface area is 131 Å². The van der Waals surface area contributed by atoms with Crippen molar-refractivity contribution in [2.24, 2.45) is 0 Å². The van der Waals surface area contributed by atoms with Gasteiger partial charge in [-0.05, 0) is 37.1 Å². The van der Waals surface area contributed by atoms with E-state index in [9.17, 15) is 22.8 Å². The summed E-state index contributed by atoms with van der Waals surface area (Å²) in [6, 6.07) is 4.19. The smallest absolute Gasteiger partial charge is 0.341 e. The van der Waals surface area contributed by atoms with E-state index in [0.29, 0.717) is 18.7 Å². The quantitative estimate of drug-likeness (QED) is 0.844. The highest BCUT2D eigenvalue weighted by molar-refractivity contribution is 5.96. The van der Waals surface area contributed by atoms with Crippen molar-refractivity contribution >= 4 is 11.8 Å². The van der Waals surface area contributed by atoms with E-state index in [4.69, 9.17) is 0 Å². The second kappa shape index (κ2) is 7.18. The fourth-order valence-electron chi connectivity index (χ4n) is 2.15. The number of carbonyl (C=O) groups is 2. The van der Waals surface area contributed by atoms with Crippen molar-refractivity contribution in [1.82, 2.24) is 10.2 Å². The van der Waals surface area contributed by atoms with E-state index >= 15 is 0 Å². The maximum atomic E-state index is 12.4. The highest BCUT2D eigenvalue weighted by Crippen LogP contribution is 2.28. The Morgan fingerprint density at radius 2 is 1.74 bits per heavy atom. The number of carbonyl (C=O) groups excluding carboxylic acids is 2. The van der Waals surface area contributed by atoms with Crippen LogP contribution in [-0.4, -0.2) is 36.3 Å². The summed E-state index contributed by atoms with van der Waals surface area (Å²) in [4.78, 5) is 24.9. The summed E-state index contributed by atoms with van der Waals surface area (Å²) in [5.41, 5.74) is -0.484. The van der Waals surface area contributed by atoms with Crippen molar-refractivity contribution in [2.45, 2.75) is 19.0 Å². The van der Waals surface area contributed by atoms with Crippen molar-refractivity contribution in [3.8, 4) is 11.8 Å². The Morgan fingerprint density at radius 3 is 2.30 bits per heavy atom. The second-order valence-corrected chi connectivity index (χ2v) is 5.10. The summed E-state index contributed by atoms with van der Waals surface area (Å²) in [5, 5.41) is 2.38. The molecular weight excluding hydrogens is 309 g/mol. The highest BCUT2D eigenvalue weighted by Gasteiger charge is 2.29. The predicted octanol–water partition coefficient (Wildman–Crippen LogP) is 1.80. The molecule has 2 rings (SSSR count). The van der Waals surface area contributed by atoms with Crippen molar-refractivity contribution < 1.29 is 22.8 Å². The second-order valence-electron chi connectivity index (χ2n) is 5.10. The Balaban J connectivity index is 1.85. The Bertz CT molecular complexity index is 636. The van der Waals surface area contributed by atoms with Gasteiger partial charge in [0.15, 0.2) is 0 Å². The van der Waals surface area contributed by atoms with Gasteiger partial charge in [-0.3, -0.25) is 9.59 Å². The lowest BCUT2D eigenvalue weighted by Gasteiger charge is -2.14. The normalized spacial score (nSPS) is 14.1. The first-order valence-electron chi connectivity index (χ1n) is 7.11. The van der Waals surface area contributed by atoms with E-state index in [2.05, 4.69) is 17.2 Å². The van der Waals surface area contributed by atoms with E-state index in [1.165, 1.54) is 12.1 Å². The molecule has 2 amide bonds. The molecule has 0 unspecified atom stereocenters. The molecule has 0 bridgehead atoms. The van der Waals surface area contributed by atoms with Crippen LogP contribution in [0.5, 0.6) is 0 Å². The topological polar surface area (TPSA) is 49.4 Å². The molecule has 23 heavy (non-hydrogen) atoms. The summed E-state index contributed by atoms with van der Waals surface area (Å²) in [5.74, 6) is 3.91. The molecule has 1 saturated heterocycles. The molecule has 0 aliphatic carbocycles. The zero-order valence-electron chi connectivity index (χ0n) is 12.2. The zero-order valence-corrected chi connectivity index (χ0v) is 12.2. The van der Waals surface area contributed by atoms with Crippen LogP contribution in [0.15, 0.2) is 24.3 Å². The van der Waals surface area contributed by atoms with Gasteiger partial charge >= 0.3 is 6.18 Å². The van der Waals surface area contributed by atoms with Crippen LogP contribution in [0.3, 0.4) is 0 Å². The third kappa shape index (κ3) is 5.02. The summed E-state index contributed by atoms with van der Waals surface area (Å²) in [6.07, 6.45) is -2.47. The van der Waals surface area contributed by atoms with Gasteiger partial charge in [0.05, 0.1) is 12.1 Å². The van der Waals surface area contributed by atoms with Crippen LogP contribution in [0.2, 0.25) is 0 Å². The largest absolute Gasteiger partial charge is 0.416 e. The molecule has 7 heteroatoms. The van der Waals surface area contributed by atoms with Gasteiger partial charge in [-0.15, -0.1) is 0 Å². The third-order valence-electron chi connectivity index (χ3n) is 3.39. The first-order chi connectivity index (χ1) is 10.9. The van der Waals surface area contributed by atoms with Gasteiger partial charge in [0.2, 0.25) is 5.91 Å². The molecular formula is C16H15F3N2O2. The van der Waals surface area contributed by atoms with Crippen LogP contribution in [-0.2, 0) is 15.8 Å². The average molecular weight is 324 g/mol. The van der Waals surface area contributed by atoms with Crippen molar-refractivity contribution in [3.63, 3.8) is 0 Å². The number of nitrogens with zero attached hydrogens (tertiary/aromatic N) is 1. The van der Waals surface area contributed by atoms with Gasteiger partial charge < -0.3 is 10.2 Å². The van der Waals surface area contributed by atoms with Crippen LogP contribution in [0.25, 0.3) is 0 Å². The molecule has 0 spiro atoms. The molecule has 0 atom stereocenters. The Morgan fingerprint density at radius 1 is 1.13 bits per heavy atom. The summed E-state index contributed by atoms with van der Waals surface area (Å²) >= 11 is 0. The molecule has 1 aliphatic rings. The number of alkyl halides is 3. The summed E-state index contributed by atoms with van der Waals surface area (Å²) in [7, 11) is 0. The predicted molar refractivity (Wildman–Crippen MR) is 77.1 cm³/mol. The van der Waals surface area contributed by atoms with Gasteiger partial charge in [-0.25, -0.2) is 0 Å². The molecule has 1 aromatic carbocycles. The maximum absolute atomic E-state index is 12.4. The van der Waals surface area contributed by atoms with E-state index in [-0.39, 0.29) is 12.5 Å².